The number of hydrogen-bond acceptors (Lipinski definition) is 5. The minimum atomic E-state index is -0.476. The van der Waals surface area contributed by atoms with Crippen LogP contribution < -0.4 is 15.4 Å². The number of anilines is 1. The third kappa shape index (κ3) is 8.63. The van der Waals surface area contributed by atoms with E-state index >= 15 is 0 Å². The zero-order chi connectivity index (χ0) is 18.9. The van der Waals surface area contributed by atoms with Crippen molar-refractivity contribution in [1.29, 1.82) is 0 Å². The summed E-state index contributed by atoms with van der Waals surface area (Å²) in [6.45, 7) is 8.75. The molecule has 0 aliphatic carbocycles. The van der Waals surface area contributed by atoms with Gasteiger partial charge in [0.05, 0.1) is 13.7 Å². The summed E-state index contributed by atoms with van der Waals surface area (Å²) in [6.07, 6.45) is 1.32. The number of hydrogen-bond donors (Lipinski definition) is 2. The quantitative estimate of drug-likeness (QED) is 0.663. The molecular formula is C19H32N2O4. The summed E-state index contributed by atoms with van der Waals surface area (Å²) < 4.78 is 15.8. The summed E-state index contributed by atoms with van der Waals surface area (Å²) in [7, 11) is 3.35. The third-order valence-corrected chi connectivity index (χ3v) is 3.56. The smallest absolute Gasteiger partial charge is 0.407 e. The van der Waals surface area contributed by atoms with Crippen LogP contribution in [0.15, 0.2) is 18.2 Å². The monoisotopic (exact) mass is 352 g/mol. The molecule has 1 unspecified atom stereocenters. The number of rotatable bonds is 9. The molecular weight excluding hydrogens is 320 g/mol. The van der Waals surface area contributed by atoms with Crippen LogP contribution in [0.2, 0.25) is 0 Å². The average molecular weight is 352 g/mol. The standard InChI is InChI=1S/C19H32N2O4/c1-14-12-16(24-6)9-10-17(14)21-15(13-23-5)8-7-11-20-18(22)25-19(2,3)4/h9-10,12,15,21H,7-8,11,13H2,1-6H3,(H,20,22). The fourth-order valence-electron chi connectivity index (χ4n) is 2.40. The zero-order valence-corrected chi connectivity index (χ0v) is 16.3. The first-order chi connectivity index (χ1) is 11.7. The highest BCUT2D eigenvalue weighted by Gasteiger charge is 2.16. The lowest BCUT2D eigenvalue weighted by Gasteiger charge is -2.22. The van der Waals surface area contributed by atoms with E-state index in [0.717, 1.165) is 29.8 Å². The van der Waals surface area contributed by atoms with Crippen LogP contribution in [0.4, 0.5) is 10.5 Å². The Labute approximate surface area is 151 Å². The van der Waals surface area contributed by atoms with Gasteiger partial charge in [-0.2, -0.15) is 0 Å². The van der Waals surface area contributed by atoms with Crippen LogP contribution in [0.25, 0.3) is 0 Å². The van der Waals surface area contributed by atoms with E-state index in [1.807, 2.05) is 45.9 Å². The Morgan fingerprint density at radius 3 is 2.52 bits per heavy atom. The van der Waals surface area contributed by atoms with Gasteiger partial charge in [0.25, 0.3) is 0 Å². The zero-order valence-electron chi connectivity index (χ0n) is 16.3. The van der Waals surface area contributed by atoms with Crippen molar-refractivity contribution in [2.24, 2.45) is 0 Å². The molecule has 25 heavy (non-hydrogen) atoms. The van der Waals surface area contributed by atoms with Crippen LogP contribution in [-0.4, -0.2) is 45.1 Å². The maximum atomic E-state index is 11.6. The van der Waals surface area contributed by atoms with E-state index in [0.29, 0.717) is 13.2 Å². The molecule has 1 aromatic carbocycles. The van der Waals surface area contributed by atoms with Crippen LogP contribution in [-0.2, 0) is 9.47 Å². The fourth-order valence-corrected chi connectivity index (χ4v) is 2.40. The van der Waals surface area contributed by atoms with Gasteiger partial charge in [0, 0.05) is 25.4 Å². The Morgan fingerprint density at radius 2 is 1.96 bits per heavy atom. The van der Waals surface area contributed by atoms with Crippen molar-refractivity contribution in [3.8, 4) is 5.75 Å². The maximum Gasteiger partial charge on any atom is 0.407 e. The Kier molecular flexibility index (Phi) is 8.55. The van der Waals surface area contributed by atoms with Gasteiger partial charge in [0.2, 0.25) is 0 Å². The van der Waals surface area contributed by atoms with Crippen LogP contribution in [0.1, 0.15) is 39.2 Å². The topological polar surface area (TPSA) is 68.8 Å². The number of carbonyl (C=O) groups is 1. The Morgan fingerprint density at radius 1 is 1.24 bits per heavy atom. The number of carbonyl (C=O) groups excluding carboxylic acids is 1. The average Bonchev–Trinajstić information content (AvgIpc) is 2.51. The van der Waals surface area contributed by atoms with Crippen LogP contribution in [0.3, 0.4) is 0 Å². The number of ether oxygens (including phenoxy) is 3. The molecule has 6 heteroatoms. The van der Waals surface area contributed by atoms with Gasteiger partial charge in [-0.1, -0.05) is 0 Å². The molecule has 1 atom stereocenters. The second-order valence-corrected chi connectivity index (χ2v) is 7.05. The number of alkyl carbamates (subject to hydrolysis) is 1. The molecule has 0 heterocycles. The third-order valence-electron chi connectivity index (χ3n) is 3.56. The highest BCUT2D eigenvalue weighted by molar-refractivity contribution is 5.67. The van der Waals surface area contributed by atoms with Gasteiger partial charge < -0.3 is 24.8 Å². The summed E-state index contributed by atoms with van der Waals surface area (Å²) >= 11 is 0. The maximum absolute atomic E-state index is 11.6. The number of aryl methyl sites for hydroxylation is 1. The molecule has 0 saturated heterocycles. The van der Waals surface area contributed by atoms with E-state index in [4.69, 9.17) is 14.2 Å². The molecule has 1 rings (SSSR count). The molecule has 2 N–H and O–H groups in total. The summed E-state index contributed by atoms with van der Waals surface area (Å²) in [5, 5.41) is 6.28. The summed E-state index contributed by atoms with van der Waals surface area (Å²) in [6, 6.07) is 6.10. The van der Waals surface area contributed by atoms with E-state index in [-0.39, 0.29) is 12.1 Å². The summed E-state index contributed by atoms with van der Waals surface area (Å²) in [4.78, 5) is 11.6. The summed E-state index contributed by atoms with van der Waals surface area (Å²) in [5.41, 5.74) is 1.70. The van der Waals surface area contributed by atoms with Gasteiger partial charge in [0.15, 0.2) is 0 Å². The van der Waals surface area contributed by atoms with E-state index < -0.39 is 5.60 Å². The first-order valence-corrected chi connectivity index (χ1v) is 8.62. The molecule has 1 aromatic rings. The molecule has 1 amide bonds. The van der Waals surface area contributed by atoms with Crippen LogP contribution in [0, 0.1) is 6.92 Å². The molecule has 0 spiro atoms. The largest absolute Gasteiger partial charge is 0.497 e. The van der Waals surface area contributed by atoms with Gasteiger partial charge in [-0.25, -0.2) is 4.79 Å². The molecule has 0 bridgehead atoms. The van der Waals surface area contributed by atoms with Crippen molar-refractivity contribution in [2.75, 3.05) is 32.7 Å². The first-order valence-electron chi connectivity index (χ1n) is 8.62. The van der Waals surface area contributed by atoms with Crippen molar-refractivity contribution < 1.29 is 19.0 Å². The SMILES string of the molecule is COCC(CCCNC(=O)OC(C)(C)C)Nc1ccc(OC)cc1C. The lowest BCUT2D eigenvalue weighted by atomic mass is 10.1. The van der Waals surface area contributed by atoms with Crippen molar-refractivity contribution in [2.45, 2.75) is 52.2 Å². The van der Waals surface area contributed by atoms with E-state index in [2.05, 4.69) is 10.6 Å². The number of amides is 1. The molecule has 0 aromatic heterocycles. The van der Waals surface area contributed by atoms with Crippen molar-refractivity contribution in [1.82, 2.24) is 5.32 Å². The van der Waals surface area contributed by atoms with Crippen LogP contribution >= 0.6 is 0 Å². The van der Waals surface area contributed by atoms with Crippen molar-refractivity contribution in [3.63, 3.8) is 0 Å². The Hall–Kier alpha value is -1.95. The van der Waals surface area contributed by atoms with Gasteiger partial charge in [-0.3, -0.25) is 0 Å². The van der Waals surface area contributed by atoms with Gasteiger partial charge in [0.1, 0.15) is 11.4 Å². The van der Waals surface area contributed by atoms with Crippen molar-refractivity contribution in [3.05, 3.63) is 23.8 Å². The second-order valence-electron chi connectivity index (χ2n) is 7.05. The van der Waals surface area contributed by atoms with Crippen molar-refractivity contribution >= 4 is 11.8 Å². The van der Waals surface area contributed by atoms with Gasteiger partial charge in [-0.05, 0) is 64.3 Å². The normalized spacial score (nSPS) is 12.4. The Bertz CT molecular complexity index is 541. The van der Waals surface area contributed by atoms with Gasteiger partial charge >= 0.3 is 6.09 Å². The fraction of sp³-hybridized carbons (Fsp3) is 0.632. The lowest BCUT2D eigenvalue weighted by molar-refractivity contribution is 0.0526. The molecule has 6 nitrogen and oxygen atoms in total. The lowest BCUT2D eigenvalue weighted by Crippen LogP contribution is -2.34. The number of benzene rings is 1. The Balaban J connectivity index is 2.45. The predicted molar refractivity (Wildman–Crippen MR) is 100 cm³/mol. The highest BCUT2D eigenvalue weighted by atomic mass is 16.6. The predicted octanol–water partition coefficient (Wildman–Crippen LogP) is 3.74. The van der Waals surface area contributed by atoms with E-state index in [9.17, 15) is 4.79 Å². The first kappa shape index (κ1) is 21.1. The van der Waals surface area contributed by atoms with Gasteiger partial charge in [-0.15, -0.1) is 0 Å². The molecule has 0 fully saturated rings. The summed E-state index contributed by atoms with van der Waals surface area (Å²) in [5.74, 6) is 0.841. The molecule has 0 saturated carbocycles. The molecule has 0 radical (unpaired) electrons. The molecule has 142 valence electrons. The van der Waals surface area contributed by atoms with E-state index in [1.165, 1.54) is 0 Å². The highest BCUT2D eigenvalue weighted by Crippen LogP contribution is 2.22. The second kappa shape index (κ2) is 10.1. The minimum Gasteiger partial charge on any atom is -0.497 e. The van der Waals surface area contributed by atoms with E-state index in [1.54, 1.807) is 14.2 Å². The number of nitrogens with one attached hydrogen (secondary N) is 2. The molecule has 0 aliphatic rings. The minimum absolute atomic E-state index is 0.164. The molecule has 0 aliphatic heterocycles. The van der Waals surface area contributed by atoms with Crippen LogP contribution in [0.5, 0.6) is 5.75 Å². The number of methoxy groups -OCH3 is 2.